The lowest BCUT2D eigenvalue weighted by molar-refractivity contribution is 0.0837. The molecule has 5 heteroatoms. The molecule has 1 heterocycles. The molecule has 0 aromatic heterocycles. The molecule has 0 amide bonds. The van der Waals surface area contributed by atoms with Crippen molar-refractivity contribution in [3.8, 4) is 0 Å². The number of carbonyl (C=O) groups excluding carboxylic acids is 1. The molecule has 1 saturated heterocycles. The standard InChI is InChI=1S/C14H17Cl2NO2/c1-2-5-14(7-10(18)8-17-14)13(19)9-3-4-11(15)12(16)6-9/h3-4,6,10,17-18H,2,5,7-8H2,1H3/t10-,14?/m0/s1. The number of hydrogen-bond donors (Lipinski definition) is 2. The Labute approximate surface area is 122 Å². The fraction of sp³-hybridized carbons (Fsp3) is 0.500. The number of aliphatic hydroxyl groups is 1. The van der Waals surface area contributed by atoms with Gasteiger partial charge in [-0.1, -0.05) is 36.5 Å². The number of carbonyl (C=O) groups is 1. The monoisotopic (exact) mass is 301 g/mol. The number of hydrogen-bond acceptors (Lipinski definition) is 3. The molecule has 1 fully saturated rings. The predicted octanol–water partition coefficient (Wildman–Crippen LogP) is 3.07. The highest BCUT2D eigenvalue weighted by molar-refractivity contribution is 6.42. The molecule has 1 aliphatic heterocycles. The van der Waals surface area contributed by atoms with E-state index in [1.54, 1.807) is 18.2 Å². The van der Waals surface area contributed by atoms with Crippen LogP contribution in [-0.4, -0.2) is 29.1 Å². The molecule has 19 heavy (non-hydrogen) atoms. The minimum Gasteiger partial charge on any atom is -0.392 e. The second-order valence-corrected chi connectivity index (χ2v) is 5.84. The highest BCUT2D eigenvalue weighted by atomic mass is 35.5. The van der Waals surface area contributed by atoms with Crippen LogP contribution in [0, 0.1) is 0 Å². The van der Waals surface area contributed by atoms with Gasteiger partial charge in [0.1, 0.15) is 0 Å². The third kappa shape index (κ3) is 2.95. The van der Waals surface area contributed by atoms with Crippen LogP contribution in [0.15, 0.2) is 18.2 Å². The van der Waals surface area contributed by atoms with Gasteiger partial charge in [0.25, 0.3) is 0 Å². The average Bonchev–Trinajstić information content (AvgIpc) is 2.75. The molecule has 0 aliphatic carbocycles. The highest BCUT2D eigenvalue weighted by Gasteiger charge is 2.43. The summed E-state index contributed by atoms with van der Waals surface area (Å²) in [5, 5.41) is 13.7. The summed E-state index contributed by atoms with van der Waals surface area (Å²) >= 11 is 11.8. The maximum atomic E-state index is 12.7. The Kier molecular flexibility index (Phi) is 4.51. The molecule has 3 nitrogen and oxygen atoms in total. The molecule has 0 radical (unpaired) electrons. The number of aliphatic hydroxyl groups excluding tert-OH is 1. The molecule has 0 spiro atoms. The van der Waals surface area contributed by atoms with E-state index in [4.69, 9.17) is 23.2 Å². The van der Waals surface area contributed by atoms with Crippen molar-refractivity contribution in [1.29, 1.82) is 0 Å². The van der Waals surface area contributed by atoms with Crippen LogP contribution >= 0.6 is 23.2 Å². The van der Waals surface area contributed by atoms with Gasteiger partial charge in [-0.3, -0.25) is 4.79 Å². The first-order chi connectivity index (χ1) is 8.98. The van der Waals surface area contributed by atoms with Crippen molar-refractivity contribution in [2.24, 2.45) is 0 Å². The highest BCUT2D eigenvalue weighted by Crippen LogP contribution is 2.31. The van der Waals surface area contributed by atoms with E-state index in [9.17, 15) is 9.90 Å². The van der Waals surface area contributed by atoms with Crippen molar-refractivity contribution in [3.05, 3.63) is 33.8 Å². The number of β-amino-alcohol motifs (C(OH)–C–C–N with tert-alkyl or cyclic N) is 1. The van der Waals surface area contributed by atoms with Crippen molar-refractivity contribution in [2.75, 3.05) is 6.54 Å². The Hall–Kier alpha value is -0.610. The smallest absolute Gasteiger partial charge is 0.183 e. The Bertz CT molecular complexity index is 488. The van der Waals surface area contributed by atoms with Gasteiger partial charge in [0.05, 0.1) is 21.7 Å². The van der Waals surface area contributed by atoms with E-state index in [-0.39, 0.29) is 5.78 Å². The maximum absolute atomic E-state index is 12.7. The topological polar surface area (TPSA) is 49.3 Å². The minimum absolute atomic E-state index is 0.0236. The molecule has 2 rings (SSSR count). The quantitative estimate of drug-likeness (QED) is 0.840. The SMILES string of the molecule is CCCC1(C(=O)c2ccc(Cl)c(Cl)c2)C[C@H](O)CN1. The molecule has 1 unspecified atom stereocenters. The minimum atomic E-state index is -0.675. The molecule has 0 bridgehead atoms. The first-order valence-corrected chi connectivity index (χ1v) is 7.17. The van der Waals surface area contributed by atoms with E-state index in [1.807, 2.05) is 6.92 Å². The van der Waals surface area contributed by atoms with E-state index in [1.165, 1.54) is 0 Å². The summed E-state index contributed by atoms with van der Waals surface area (Å²) in [4.78, 5) is 12.7. The summed E-state index contributed by atoms with van der Waals surface area (Å²) in [7, 11) is 0. The van der Waals surface area contributed by atoms with Crippen LogP contribution in [0.3, 0.4) is 0 Å². The zero-order valence-corrected chi connectivity index (χ0v) is 12.3. The summed E-state index contributed by atoms with van der Waals surface area (Å²) in [5.41, 5.74) is -0.143. The van der Waals surface area contributed by atoms with Crippen molar-refractivity contribution in [3.63, 3.8) is 0 Å². The fourth-order valence-electron chi connectivity index (χ4n) is 2.68. The van der Waals surface area contributed by atoms with E-state index < -0.39 is 11.6 Å². The van der Waals surface area contributed by atoms with Gasteiger partial charge >= 0.3 is 0 Å². The second-order valence-electron chi connectivity index (χ2n) is 5.03. The van der Waals surface area contributed by atoms with E-state index in [0.29, 0.717) is 35.0 Å². The summed E-state index contributed by atoms with van der Waals surface area (Å²) < 4.78 is 0. The second kappa shape index (κ2) is 5.80. The molecule has 104 valence electrons. The lowest BCUT2D eigenvalue weighted by Crippen LogP contribution is -2.47. The summed E-state index contributed by atoms with van der Waals surface area (Å²) in [5.74, 6) is -0.0236. The van der Waals surface area contributed by atoms with E-state index >= 15 is 0 Å². The van der Waals surface area contributed by atoms with E-state index in [0.717, 1.165) is 6.42 Å². The number of benzene rings is 1. The fourth-order valence-corrected chi connectivity index (χ4v) is 2.98. The van der Waals surface area contributed by atoms with Gasteiger partial charge in [-0.15, -0.1) is 0 Å². The molecular weight excluding hydrogens is 285 g/mol. The van der Waals surface area contributed by atoms with Crippen molar-refractivity contribution in [1.82, 2.24) is 5.32 Å². The molecule has 2 atom stereocenters. The Morgan fingerprint density at radius 1 is 1.47 bits per heavy atom. The van der Waals surface area contributed by atoms with E-state index in [2.05, 4.69) is 5.32 Å². The van der Waals surface area contributed by atoms with Crippen LogP contribution in [0.5, 0.6) is 0 Å². The number of halogens is 2. The number of ketones is 1. The third-order valence-electron chi connectivity index (χ3n) is 3.55. The van der Waals surface area contributed by atoms with Gasteiger partial charge < -0.3 is 10.4 Å². The molecule has 2 N–H and O–H groups in total. The molecule has 0 saturated carbocycles. The zero-order chi connectivity index (χ0) is 14.0. The Morgan fingerprint density at radius 3 is 2.74 bits per heavy atom. The normalized spacial score (nSPS) is 26.6. The van der Waals surface area contributed by atoms with Crippen LogP contribution in [0.1, 0.15) is 36.5 Å². The zero-order valence-electron chi connectivity index (χ0n) is 10.7. The van der Waals surface area contributed by atoms with Gasteiger partial charge in [-0.05, 0) is 24.6 Å². The van der Waals surface area contributed by atoms with Crippen LogP contribution in [0.25, 0.3) is 0 Å². The maximum Gasteiger partial charge on any atom is 0.183 e. The number of rotatable bonds is 4. The van der Waals surface area contributed by atoms with Crippen LogP contribution in [-0.2, 0) is 0 Å². The largest absolute Gasteiger partial charge is 0.392 e. The van der Waals surface area contributed by atoms with Gasteiger partial charge in [0, 0.05) is 18.5 Å². The summed E-state index contributed by atoms with van der Waals surface area (Å²) in [6.07, 6.45) is 1.54. The summed E-state index contributed by atoms with van der Waals surface area (Å²) in [6.45, 7) is 2.48. The molecule has 1 aromatic rings. The average molecular weight is 302 g/mol. The Morgan fingerprint density at radius 2 is 2.21 bits per heavy atom. The van der Waals surface area contributed by atoms with Gasteiger partial charge in [-0.25, -0.2) is 0 Å². The number of Topliss-reactive ketones (excluding diaryl/α,β-unsaturated/α-hetero) is 1. The molecule has 1 aromatic carbocycles. The lowest BCUT2D eigenvalue weighted by atomic mass is 9.83. The van der Waals surface area contributed by atoms with Gasteiger partial charge in [0.2, 0.25) is 0 Å². The van der Waals surface area contributed by atoms with Gasteiger partial charge in [-0.2, -0.15) is 0 Å². The van der Waals surface area contributed by atoms with Crippen molar-refractivity contribution in [2.45, 2.75) is 37.8 Å². The third-order valence-corrected chi connectivity index (χ3v) is 4.29. The van der Waals surface area contributed by atoms with Crippen LogP contribution in [0.2, 0.25) is 10.0 Å². The Balaban J connectivity index is 2.32. The van der Waals surface area contributed by atoms with Crippen molar-refractivity contribution < 1.29 is 9.90 Å². The van der Waals surface area contributed by atoms with Crippen LogP contribution in [0.4, 0.5) is 0 Å². The van der Waals surface area contributed by atoms with Crippen molar-refractivity contribution >= 4 is 29.0 Å². The molecule has 1 aliphatic rings. The summed E-state index contributed by atoms with van der Waals surface area (Å²) in [6, 6.07) is 4.90. The lowest BCUT2D eigenvalue weighted by Gasteiger charge is -2.27. The van der Waals surface area contributed by atoms with Gasteiger partial charge in [0.15, 0.2) is 5.78 Å². The first kappa shape index (κ1) is 14.8. The number of nitrogens with one attached hydrogen (secondary N) is 1. The first-order valence-electron chi connectivity index (χ1n) is 6.41. The molecular formula is C14H17Cl2NO2. The predicted molar refractivity (Wildman–Crippen MR) is 77.1 cm³/mol. The van der Waals surface area contributed by atoms with Crippen LogP contribution < -0.4 is 5.32 Å².